The average molecular weight is 861 g/mol. The fraction of sp³-hybridized carbons (Fsp3) is 0.304. The van der Waals surface area contributed by atoms with Gasteiger partial charge in [0.05, 0.1) is 11.0 Å². The SMILES string of the molecule is CCCCCN(C(=O)NC1CCCCC1)c1ccc2c(c1)nc(CCCC)n2Cc1ccc(-c2ccccc2-c2nnnn2C(c2ccccc2)(c2ccccc2)c2ccccc2)cc1. The zero-order valence-corrected chi connectivity index (χ0v) is 37.8. The van der Waals surface area contributed by atoms with Crippen molar-refractivity contribution >= 4 is 22.8 Å². The predicted octanol–water partition coefficient (Wildman–Crippen LogP) is 12.6. The van der Waals surface area contributed by atoms with E-state index in [0.717, 1.165) is 107 Å². The number of amides is 2. The van der Waals surface area contributed by atoms with Crippen molar-refractivity contribution in [3.05, 3.63) is 186 Å². The van der Waals surface area contributed by atoms with Gasteiger partial charge in [-0.3, -0.25) is 4.90 Å². The molecule has 0 bridgehead atoms. The number of anilines is 1. The molecule has 0 atom stereocenters. The van der Waals surface area contributed by atoms with E-state index in [4.69, 9.17) is 15.3 Å². The molecule has 9 rings (SSSR count). The normalized spacial score (nSPS) is 13.3. The van der Waals surface area contributed by atoms with Crippen LogP contribution in [0.3, 0.4) is 0 Å². The molecule has 9 heteroatoms. The number of hydrogen-bond donors (Lipinski definition) is 1. The lowest BCUT2D eigenvalue weighted by Crippen LogP contribution is -2.46. The van der Waals surface area contributed by atoms with Crippen LogP contribution >= 0.6 is 0 Å². The van der Waals surface area contributed by atoms with Crippen molar-refractivity contribution in [2.45, 2.75) is 103 Å². The van der Waals surface area contributed by atoms with Crippen molar-refractivity contribution in [3.63, 3.8) is 0 Å². The highest BCUT2D eigenvalue weighted by atomic mass is 16.2. The van der Waals surface area contributed by atoms with Crippen LogP contribution in [0.2, 0.25) is 0 Å². The zero-order chi connectivity index (χ0) is 44.4. The molecule has 1 aliphatic carbocycles. The van der Waals surface area contributed by atoms with Crippen LogP contribution in [0.4, 0.5) is 10.5 Å². The molecule has 330 valence electrons. The number of tetrazole rings is 1. The van der Waals surface area contributed by atoms with Gasteiger partial charge in [-0.2, -0.15) is 0 Å². The molecule has 8 aromatic rings. The van der Waals surface area contributed by atoms with Crippen LogP contribution in [-0.2, 0) is 18.5 Å². The van der Waals surface area contributed by atoms with E-state index in [1.54, 1.807) is 0 Å². The number of carbonyl (C=O) groups is 1. The number of aryl methyl sites for hydroxylation is 1. The van der Waals surface area contributed by atoms with Gasteiger partial charge in [-0.05, 0) is 87.7 Å². The smallest absolute Gasteiger partial charge is 0.322 e. The summed E-state index contributed by atoms with van der Waals surface area (Å²) >= 11 is 0. The van der Waals surface area contributed by atoms with Crippen LogP contribution in [0, 0.1) is 0 Å². The van der Waals surface area contributed by atoms with Crippen LogP contribution in [0.1, 0.15) is 106 Å². The first-order valence-corrected chi connectivity index (χ1v) is 23.8. The summed E-state index contributed by atoms with van der Waals surface area (Å²) in [6.45, 7) is 5.81. The largest absolute Gasteiger partial charge is 0.335 e. The summed E-state index contributed by atoms with van der Waals surface area (Å²) in [5, 5.41) is 17.4. The summed E-state index contributed by atoms with van der Waals surface area (Å²) in [5.74, 6) is 1.74. The van der Waals surface area contributed by atoms with Gasteiger partial charge in [-0.15, -0.1) is 5.10 Å². The number of benzene rings is 6. The monoisotopic (exact) mass is 860 g/mol. The lowest BCUT2D eigenvalue weighted by molar-refractivity contribution is 0.238. The summed E-state index contributed by atoms with van der Waals surface area (Å²) in [6, 6.07) is 55.5. The molecule has 0 saturated heterocycles. The number of urea groups is 1. The lowest BCUT2D eigenvalue weighted by Gasteiger charge is -2.36. The Morgan fingerprint density at radius 3 is 1.94 bits per heavy atom. The number of imidazole rings is 1. The molecule has 1 fully saturated rings. The minimum Gasteiger partial charge on any atom is -0.335 e. The Kier molecular flexibility index (Phi) is 13.6. The molecule has 1 aliphatic rings. The van der Waals surface area contributed by atoms with Crippen LogP contribution in [0.25, 0.3) is 33.5 Å². The first-order chi connectivity index (χ1) is 32.1. The lowest BCUT2D eigenvalue weighted by atomic mass is 9.77. The van der Waals surface area contributed by atoms with Crippen LogP contribution in [0.15, 0.2) is 158 Å². The summed E-state index contributed by atoms with van der Waals surface area (Å²) in [5.41, 5.74) is 9.46. The number of nitrogens with one attached hydrogen (secondary N) is 1. The second kappa shape index (κ2) is 20.3. The standard InChI is InChI=1S/C56H60N8O/c1-3-5-21-39-62(55(65)57-47-28-17-10-18-29-47)48-37-38-52-51(40-48)58-53(32-6-4-2)63(52)41-42-33-35-43(36-34-42)49-30-19-20-31-50(49)54-59-60-61-64(54)56(44-22-11-7-12-23-44,45-24-13-8-14-25-45)46-26-15-9-16-27-46/h7-9,11-16,19-20,22-27,30-31,33-38,40,47H,3-6,10,17-18,21,28-29,32,39,41H2,1-2H3,(H,57,65). The van der Waals surface area contributed by atoms with Gasteiger partial charge in [0, 0.05) is 36.8 Å². The van der Waals surface area contributed by atoms with Crippen molar-refractivity contribution in [1.29, 1.82) is 0 Å². The molecule has 9 nitrogen and oxygen atoms in total. The molecule has 2 aromatic heterocycles. The fourth-order valence-electron chi connectivity index (χ4n) is 9.79. The number of nitrogens with zero attached hydrogens (tertiary/aromatic N) is 7. The van der Waals surface area contributed by atoms with E-state index < -0.39 is 5.54 Å². The van der Waals surface area contributed by atoms with Gasteiger partial charge in [-0.1, -0.05) is 192 Å². The minimum absolute atomic E-state index is 0.0130. The third-order valence-electron chi connectivity index (χ3n) is 13.2. The van der Waals surface area contributed by atoms with Gasteiger partial charge in [0.1, 0.15) is 11.4 Å². The van der Waals surface area contributed by atoms with Gasteiger partial charge in [0.25, 0.3) is 0 Å². The molecule has 6 aromatic carbocycles. The maximum atomic E-state index is 13.8. The Hall–Kier alpha value is -6.87. The topological polar surface area (TPSA) is 93.8 Å². The maximum absolute atomic E-state index is 13.8. The molecule has 2 amide bonds. The molecule has 1 N–H and O–H groups in total. The van der Waals surface area contributed by atoms with Gasteiger partial charge in [0.2, 0.25) is 0 Å². The second-order valence-electron chi connectivity index (χ2n) is 17.5. The van der Waals surface area contributed by atoms with Gasteiger partial charge < -0.3 is 9.88 Å². The van der Waals surface area contributed by atoms with Crippen molar-refractivity contribution < 1.29 is 4.79 Å². The van der Waals surface area contributed by atoms with Crippen LogP contribution < -0.4 is 10.2 Å². The molecular weight excluding hydrogens is 801 g/mol. The second-order valence-corrected chi connectivity index (χ2v) is 17.5. The van der Waals surface area contributed by atoms with Crippen LogP contribution in [-0.4, -0.2) is 48.4 Å². The molecule has 0 unspecified atom stereocenters. The Bertz CT molecular complexity index is 2680. The van der Waals surface area contributed by atoms with Crippen molar-refractivity contribution in [2.24, 2.45) is 0 Å². The van der Waals surface area contributed by atoms with E-state index in [9.17, 15) is 4.79 Å². The number of rotatable bonds is 17. The molecular formula is C56H60N8O. The molecule has 1 saturated carbocycles. The Morgan fingerprint density at radius 2 is 1.31 bits per heavy atom. The molecule has 65 heavy (non-hydrogen) atoms. The van der Waals surface area contributed by atoms with E-state index in [1.807, 2.05) is 27.8 Å². The minimum atomic E-state index is -0.863. The van der Waals surface area contributed by atoms with Gasteiger partial charge in [-0.25, -0.2) is 14.5 Å². The average Bonchev–Trinajstić information content (AvgIpc) is 3.99. The summed E-state index contributed by atoms with van der Waals surface area (Å²) in [7, 11) is 0. The number of unbranched alkanes of at least 4 members (excludes halogenated alkanes) is 3. The van der Waals surface area contributed by atoms with Crippen molar-refractivity contribution in [1.82, 2.24) is 35.1 Å². The number of carbonyl (C=O) groups excluding carboxylic acids is 1. The highest BCUT2D eigenvalue weighted by Crippen LogP contribution is 2.43. The van der Waals surface area contributed by atoms with Crippen molar-refractivity contribution in [2.75, 3.05) is 11.4 Å². The van der Waals surface area contributed by atoms with Crippen molar-refractivity contribution in [3.8, 4) is 22.5 Å². The molecule has 0 radical (unpaired) electrons. The highest BCUT2D eigenvalue weighted by Gasteiger charge is 2.42. The third-order valence-corrected chi connectivity index (χ3v) is 13.2. The summed E-state index contributed by atoms with van der Waals surface area (Å²) in [6.07, 6.45) is 11.9. The number of aromatic nitrogens is 6. The number of hydrogen-bond acceptors (Lipinski definition) is 5. The fourth-order valence-corrected chi connectivity index (χ4v) is 9.79. The first kappa shape index (κ1) is 43.4. The molecule has 0 aliphatic heterocycles. The highest BCUT2D eigenvalue weighted by molar-refractivity contribution is 5.94. The van der Waals surface area contributed by atoms with Crippen LogP contribution in [0.5, 0.6) is 0 Å². The summed E-state index contributed by atoms with van der Waals surface area (Å²) < 4.78 is 4.37. The first-order valence-electron chi connectivity index (χ1n) is 23.8. The van der Waals surface area contributed by atoms with Gasteiger partial charge in [0.15, 0.2) is 5.82 Å². The zero-order valence-electron chi connectivity index (χ0n) is 37.8. The van der Waals surface area contributed by atoms with E-state index in [1.165, 1.54) is 24.8 Å². The third kappa shape index (κ3) is 9.10. The molecule has 0 spiro atoms. The van der Waals surface area contributed by atoms with E-state index in [2.05, 4.69) is 168 Å². The Balaban J connectivity index is 1.05. The van der Waals surface area contributed by atoms with E-state index >= 15 is 0 Å². The number of fused-ring (bicyclic) bond motifs is 1. The Morgan fingerprint density at radius 1 is 0.692 bits per heavy atom. The summed E-state index contributed by atoms with van der Waals surface area (Å²) in [4.78, 5) is 21.0. The Labute approximate surface area is 383 Å². The quantitative estimate of drug-likeness (QED) is 0.0727. The molecule has 2 heterocycles. The predicted molar refractivity (Wildman–Crippen MR) is 263 cm³/mol. The van der Waals surface area contributed by atoms with Gasteiger partial charge >= 0.3 is 6.03 Å². The van der Waals surface area contributed by atoms with E-state index in [0.29, 0.717) is 18.9 Å². The van der Waals surface area contributed by atoms with E-state index in [-0.39, 0.29) is 12.1 Å². The maximum Gasteiger partial charge on any atom is 0.322 e.